The lowest BCUT2D eigenvalue weighted by molar-refractivity contribution is 0.0601. The molecule has 6 aromatic rings. The van der Waals surface area contributed by atoms with E-state index in [4.69, 9.17) is 42.1 Å². The van der Waals surface area contributed by atoms with Crippen molar-refractivity contribution in [1.29, 1.82) is 0 Å². The van der Waals surface area contributed by atoms with Crippen molar-refractivity contribution in [1.82, 2.24) is 19.5 Å². The van der Waals surface area contributed by atoms with Gasteiger partial charge in [-0.15, -0.1) is 0 Å². The summed E-state index contributed by atoms with van der Waals surface area (Å²) in [6.07, 6.45) is 3.47. The molecule has 0 fully saturated rings. The summed E-state index contributed by atoms with van der Waals surface area (Å²) in [4.78, 5) is 25.6. The van der Waals surface area contributed by atoms with E-state index in [0.717, 1.165) is 22.4 Å². The first-order valence-corrected chi connectivity index (χ1v) is 13.9. The van der Waals surface area contributed by atoms with Gasteiger partial charge in [-0.1, -0.05) is 47.5 Å². The van der Waals surface area contributed by atoms with E-state index in [0.29, 0.717) is 57.0 Å². The Labute approximate surface area is 255 Å². The molecule has 0 aliphatic carbocycles. The Hall–Kier alpha value is -4.73. The number of oxazole rings is 1. The number of hydrogen-bond donors (Lipinski definition) is 0. The van der Waals surface area contributed by atoms with Crippen LogP contribution in [0.5, 0.6) is 5.88 Å². The van der Waals surface area contributed by atoms with Gasteiger partial charge in [-0.25, -0.2) is 24.1 Å². The Kier molecular flexibility index (Phi) is 8.09. The Morgan fingerprint density at radius 1 is 1.02 bits per heavy atom. The number of rotatable bonds is 9. The van der Waals surface area contributed by atoms with Crippen LogP contribution in [0, 0.1) is 5.82 Å². The summed E-state index contributed by atoms with van der Waals surface area (Å²) in [5.74, 6) is 0.850. The number of nitrogens with zero attached hydrogens (tertiary/aromatic N) is 4. The van der Waals surface area contributed by atoms with Crippen LogP contribution in [0.2, 0.25) is 10.0 Å². The van der Waals surface area contributed by atoms with Gasteiger partial charge in [0.2, 0.25) is 5.88 Å². The predicted octanol–water partition coefficient (Wildman–Crippen LogP) is 7.54. The Balaban J connectivity index is 1.26. The van der Waals surface area contributed by atoms with E-state index < -0.39 is 11.8 Å². The lowest BCUT2D eigenvalue weighted by atomic mass is 10.1. The van der Waals surface area contributed by atoms with E-state index in [1.54, 1.807) is 48.7 Å². The van der Waals surface area contributed by atoms with E-state index in [-0.39, 0.29) is 6.61 Å². The zero-order chi connectivity index (χ0) is 29.9. The van der Waals surface area contributed by atoms with Gasteiger partial charge in [0.15, 0.2) is 6.39 Å². The third-order valence-electron chi connectivity index (χ3n) is 6.83. The van der Waals surface area contributed by atoms with Crippen LogP contribution in [0.3, 0.4) is 0 Å². The maximum absolute atomic E-state index is 14.2. The van der Waals surface area contributed by atoms with E-state index >= 15 is 0 Å². The van der Waals surface area contributed by atoms with Crippen molar-refractivity contribution in [3.8, 4) is 17.1 Å². The normalized spacial score (nSPS) is 11.2. The molecule has 0 saturated heterocycles. The smallest absolute Gasteiger partial charge is 0.337 e. The molecule has 8 nitrogen and oxygen atoms in total. The first-order chi connectivity index (χ1) is 20.9. The monoisotopic (exact) mass is 616 g/mol. The van der Waals surface area contributed by atoms with Crippen LogP contribution >= 0.6 is 23.2 Å². The Bertz CT molecular complexity index is 1940. The van der Waals surface area contributed by atoms with Crippen molar-refractivity contribution in [2.45, 2.75) is 19.6 Å². The van der Waals surface area contributed by atoms with Crippen LogP contribution in [0.4, 0.5) is 4.39 Å². The number of hydrogen-bond acceptors (Lipinski definition) is 7. The summed E-state index contributed by atoms with van der Waals surface area (Å²) in [6.45, 7) is 0.376. The topological polar surface area (TPSA) is 92.3 Å². The van der Waals surface area contributed by atoms with Gasteiger partial charge in [0.1, 0.15) is 24.0 Å². The van der Waals surface area contributed by atoms with Crippen LogP contribution in [-0.4, -0.2) is 32.6 Å². The maximum Gasteiger partial charge on any atom is 0.337 e. The van der Waals surface area contributed by atoms with Crippen LogP contribution in [-0.2, 0) is 24.3 Å². The van der Waals surface area contributed by atoms with E-state index in [1.165, 1.54) is 19.6 Å². The van der Waals surface area contributed by atoms with Gasteiger partial charge in [0, 0.05) is 28.6 Å². The summed E-state index contributed by atoms with van der Waals surface area (Å²) < 4.78 is 32.3. The molecule has 0 bridgehead atoms. The second kappa shape index (κ2) is 12.2. The lowest BCUT2D eigenvalue weighted by Gasteiger charge is -2.11. The molecule has 0 aliphatic rings. The van der Waals surface area contributed by atoms with Crippen molar-refractivity contribution in [3.63, 3.8) is 0 Å². The van der Waals surface area contributed by atoms with E-state index in [1.807, 2.05) is 28.8 Å². The number of esters is 1. The highest BCUT2D eigenvalue weighted by Crippen LogP contribution is 2.30. The average molecular weight is 617 g/mol. The highest BCUT2D eigenvalue weighted by molar-refractivity contribution is 6.33. The van der Waals surface area contributed by atoms with Gasteiger partial charge < -0.3 is 18.5 Å². The number of fused-ring (bicyclic) bond motifs is 1. The minimum Gasteiger partial charge on any atom is -0.473 e. The first-order valence-electron chi connectivity index (χ1n) is 13.2. The van der Waals surface area contributed by atoms with E-state index in [2.05, 4.69) is 9.97 Å². The fraction of sp³-hybridized carbons (Fsp3) is 0.125. The number of methoxy groups -OCH3 is 1. The minimum atomic E-state index is -0.444. The van der Waals surface area contributed by atoms with Crippen LogP contribution in [0.1, 0.15) is 33.1 Å². The van der Waals surface area contributed by atoms with Gasteiger partial charge in [0.05, 0.1) is 47.2 Å². The fourth-order valence-corrected chi connectivity index (χ4v) is 5.16. The second-order valence-corrected chi connectivity index (χ2v) is 10.5. The summed E-state index contributed by atoms with van der Waals surface area (Å²) in [5.41, 5.74) is 4.52. The van der Waals surface area contributed by atoms with Crippen molar-refractivity contribution in [3.05, 3.63) is 130 Å². The van der Waals surface area contributed by atoms with Crippen molar-refractivity contribution >= 4 is 40.2 Å². The third kappa shape index (κ3) is 6.23. The number of halogens is 3. The Morgan fingerprint density at radius 2 is 1.91 bits per heavy atom. The number of imidazole rings is 1. The van der Waals surface area contributed by atoms with Crippen LogP contribution in [0.15, 0.2) is 89.8 Å². The molecule has 3 heterocycles. The summed E-state index contributed by atoms with van der Waals surface area (Å²) in [6, 6.07) is 20.7. The zero-order valence-electron chi connectivity index (χ0n) is 22.8. The molecule has 0 atom stereocenters. The molecular formula is C32H23Cl2FN4O4. The molecule has 3 aromatic carbocycles. The van der Waals surface area contributed by atoms with Gasteiger partial charge >= 0.3 is 5.97 Å². The predicted molar refractivity (Wildman–Crippen MR) is 160 cm³/mol. The summed E-state index contributed by atoms with van der Waals surface area (Å²) in [5, 5.41) is 0.816. The quantitative estimate of drug-likeness (QED) is 0.155. The second-order valence-electron chi connectivity index (χ2n) is 9.65. The minimum absolute atomic E-state index is 0.00230. The van der Waals surface area contributed by atoms with Gasteiger partial charge in [-0.05, 0) is 48.0 Å². The molecule has 0 N–H and O–H groups in total. The molecule has 3 aromatic heterocycles. The molecule has 0 amide bonds. The maximum atomic E-state index is 14.2. The van der Waals surface area contributed by atoms with Gasteiger partial charge in [0.25, 0.3) is 0 Å². The molecule has 0 radical (unpaired) electrons. The number of aromatic nitrogens is 4. The largest absolute Gasteiger partial charge is 0.473 e. The number of ether oxygens (including phenoxy) is 2. The van der Waals surface area contributed by atoms with Crippen molar-refractivity contribution in [2.75, 3.05) is 7.11 Å². The molecule has 0 spiro atoms. The highest BCUT2D eigenvalue weighted by Gasteiger charge is 2.17. The van der Waals surface area contributed by atoms with Gasteiger partial charge in [-0.3, -0.25) is 0 Å². The molecule has 6 rings (SSSR count). The molecule has 0 aliphatic heterocycles. The SMILES string of the molecule is COC(=O)c1ccc2nc(Cc3ccc(-c4cccc(OCc5ccc(Cl)cc5F)n4)c(Cl)c3)n(Cc3cnco3)c2c1. The fourth-order valence-electron chi connectivity index (χ4n) is 4.70. The standard InChI is InChI=1S/C32H23Cl2FN4O4/c1-41-32(40)20-7-10-28-29(13-20)39(16-23-15-36-18-43-23)30(37-28)12-19-5-9-24(25(34)11-19)27-3-2-4-31(38-27)42-17-21-6-8-22(33)14-26(21)35/h2-11,13-15,18H,12,16-17H2,1H3. The first kappa shape index (κ1) is 28.4. The lowest BCUT2D eigenvalue weighted by Crippen LogP contribution is -2.06. The van der Waals surface area contributed by atoms with Crippen molar-refractivity contribution < 1.29 is 23.1 Å². The van der Waals surface area contributed by atoms with E-state index in [9.17, 15) is 9.18 Å². The van der Waals surface area contributed by atoms with Gasteiger partial charge in [-0.2, -0.15) is 0 Å². The summed E-state index contributed by atoms with van der Waals surface area (Å²) >= 11 is 12.6. The molecule has 0 unspecified atom stereocenters. The zero-order valence-corrected chi connectivity index (χ0v) is 24.3. The third-order valence-corrected chi connectivity index (χ3v) is 7.38. The molecule has 43 heavy (non-hydrogen) atoms. The number of pyridine rings is 1. The van der Waals surface area contributed by atoms with Crippen LogP contribution in [0.25, 0.3) is 22.3 Å². The number of carbonyl (C=O) groups excluding carboxylic acids is 1. The number of benzene rings is 3. The molecular weight excluding hydrogens is 594 g/mol. The summed E-state index contributed by atoms with van der Waals surface area (Å²) in [7, 11) is 1.35. The van der Waals surface area contributed by atoms with Crippen molar-refractivity contribution in [2.24, 2.45) is 0 Å². The molecule has 11 heteroatoms. The Morgan fingerprint density at radius 3 is 2.67 bits per heavy atom. The molecule has 0 saturated carbocycles. The van der Waals surface area contributed by atoms with Crippen LogP contribution < -0.4 is 4.74 Å². The molecule has 216 valence electrons. The number of carbonyl (C=O) groups is 1. The highest BCUT2D eigenvalue weighted by atomic mass is 35.5. The average Bonchev–Trinajstić information content (AvgIpc) is 3.64.